The summed E-state index contributed by atoms with van der Waals surface area (Å²) in [6, 6.07) is 0. The van der Waals surface area contributed by atoms with Gasteiger partial charge in [-0.3, -0.25) is 4.79 Å². The maximum atomic E-state index is 12.2. The van der Waals surface area contributed by atoms with Crippen LogP contribution in [0.25, 0.3) is 0 Å². The van der Waals surface area contributed by atoms with Crippen LogP contribution >= 0.6 is 11.8 Å². The fraction of sp³-hybridized carbons (Fsp3) is 0.917. The first kappa shape index (κ1) is 13.8. The number of nitrogens with zero attached hydrogens (tertiary/aromatic N) is 1. The maximum absolute atomic E-state index is 12.2. The summed E-state index contributed by atoms with van der Waals surface area (Å²) in [7, 11) is 0. The fourth-order valence-corrected chi connectivity index (χ4v) is 3.26. The van der Waals surface area contributed by atoms with Crippen molar-refractivity contribution in [2.45, 2.75) is 38.4 Å². The van der Waals surface area contributed by atoms with Crippen LogP contribution in [0.4, 0.5) is 0 Å². The van der Waals surface area contributed by atoms with Crippen LogP contribution in [0.15, 0.2) is 0 Å². The average Bonchev–Trinajstić information content (AvgIpc) is 2.23. The summed E-state index contributed by atoms with van der Waals surface area (Å²) in [5.74, 6) is 1.34. The molecule has 3 nitrogen and oxygen atoms in total. The molecule has 94 valence electrons. The molecule has 1 rings (SSSR count). The Balaban J connectivity index is 2.58. The molecule has 0 saturated carbocycles. The Hall–Kier alpha value is -0.220. The SMILES string of the molecule is CCCC(CN)C(=O)N1CCSC(C)(C)C1. The lowest BCUT2D eigenvalue weighted by Crippen LogP contribution is -2.49. The molecular formula is C12H24N2OS. The lowest BCUT2D eigenvalue weighted by atomic mass is 10.0. The van der Waals surface area contributed by atoms with E-state index in [2.05, 4.69) is 20.8 Å². The Morgan fingerprint density at radius 3 is 2.75 bits per heavy atom. The van der Waals surface area contributed by atoms with Gasteiger partial charge in [-0.05, 0) is 20.3 Å². The molecule has 4 heteroatoms. The van der Waals surface area contributed by atoms with Crippen LogP contribution in [-0.4, -0.2) is 40.9 Å². The molecule has 0 radical (unpaired) electrons. The van der Waals surface area contributed by atoms with Gasteiger partial charge < -0.3 is 10.6 Å². The van der Waals surface area contributed by atoms with E-state index in [0.29, 0.717) is 6.54 Å². The second-order valence-corrected chi connectivity index (χ2v) is 6.89. The van der Waals surface area contributed by atoms with E-state index in [0.717, 1.165) is 31.7 Å². The van der Waals surface area contributed by atoms with Crippen molar-refractivity contribution in [1.82, 2.24) is 4.90 Å². The molecule has 0 aliphatic carbocycles. The third-order valence-corrected chi connectivity index (χ3v) is 4.31. The van der Waals surface area contributed by atoms with Gasteiger partial charge in [0.25, 0.3) is 0 Å². The lowest BCUT2D eigenvalue weighted by Gasteiger charge is -2.39. The largest absolute Gasteiger partial charge is 0.340 e. The summed E-state index contributed by atoms with van der Waals surface area (Å²) < 4.78 is 0.194. The van der Waals surface area contributed by atoms with E-state index in [1.54, 1.807) is 0 Å². The first-order valence-corrected chi connectivity index (χ1v) is 7.11. The normalized spacial score (nSPS) is 21.9. The van der Waals surface area contributed by atoms with Crippen molar-refractivity contribution < 1.29 is 4.79 Å². The van der Waals surface area contributed by atoms with Gasteiger partial charge in [0.15, 0.2) is 0 Å². The highest BCUT2D eigenvalue weighted by Crippen LogP contribution is 2.30. The Morgan fingerprint density at radius 2 is 2.25 bits per heavy atom. The molecule has 1 fully saturated rings. The van der Waals surface area contributed by atoms with Gasteiger partial charge in [-0.1, -0.05) is 13.3 Å². The van der Waals surface area contributed by atoms with Gasteiger partial charge in [-0.15, -0.1) is 0 Å². The van der Waals surface area contributed by atoms with Gasteiger partial charge in [-0.25, -0.2) is 0 Å². The molecule has 0 aromatic heterocycles. The van der Waals surface area contributed by atoms with Crippen molar-refractivity contribution in [1.29, 1.82) is 0 Å². The Labute approximate surface area is 103 Å². The van der Waals surface area contributed by atoms with E-state index in [1.807, 2.05) is 16.7 Å². The Kier molecular flexibility index (Phi) is 5.12. The second-order valence-electron chi connectivity index (χ2n) is 5.09. The molecule has 0 spiro atoms. The highest BCUT2D eigenvalue weighted by atomic mass is 32.2. The van der Waals surface area contributed by atoms with Crippen LogP contribution in [0.2, 0.25) is 0 Å². The number of hydrogen-bond acceptors (Lipinski definition) is 3. The predicted molar refractivity (Wildman–Crippen MR) is 70.6 cm³/mol. The standard InChI is InChI=1S/C12H24N2OS/c1-4-5-10(8-13)11(15)14-6-7-16-12(2,3)9-14/h10H,4-9,13H2,1-3H3. The van der Waals surface area contributed by atoms with E-state index in [9.17, 15) is 4.79 Å². The molecule has 1 amide bonds. The van der Waals surface area contributed by atoms with Gasteiger partial charge in [-0.2, -0.15) is 11.8 Å². The van der Waals surface area contributed by atoms with E-state index in [4.69, 9.17) is 5.73 Å². The van der Waals surface area contributed by atoms with E-state index in [-0.39, 0.29) is 16.6 Å². The molecule has 1 saturated heterocycles. The molecule has 16 heavy (non-hydrogen) atoms. The zero-order valence-corrected chi connectivity index (χ0v) is 11.5. The number of rotatable bonds is 4. The quantitative estimate of drug-likeness (QED) is 0.819. The number of carbonyl (C=O) groups is 1. The lowest BCUT2D eigenvalue weighted by molar-refractivity contribution is -0.135. The van der Waals surface area contributed by atoms with Gasteiger partial charge in [0.2, 0.25) is 5.91 Å². The smallest absolute Gasteiger partial charge is 0.227 e. The van der Waals surface area contributed by atoms with Crippen LogP contribution < -0.4 is 5.73 Å². The van der Waals surface area contributed by atoms with Crippen molar-refractivity contribution in [3.05, 3.63) is 0 Å². The van der Waals surface area contributed by atoms with Crippen LogP contribution in [-0.2, 0) is 4.79 Å². The first-order valence-electron chi connectivity index (χ1n) is 6.13. The third kappa shape index (κ3) is 3.67. The molecule has 1 aliphatic heterocycles. The summed E-state index contributed by atoms with van der Waals surface area (Å²) in [6.45, 7) is 8.73. The first-order chi connectivity index (χ1) is 7.50. The van der Waals surface area contributed by atoms with Crippen molar-refractivity contribution >= 4 is 17.7 Å². The van der Waals surface area contributed by atoms with Gasteiger partial charge in [0.1, 0.15) is 0 Å². The van der Waals surface area contributed by atoms with Crippen LogP contribution in [0.5, 0.6) is 0 Å². The fourth-order valence-electron chi connectivity index (χ4n) is 2.15. The maximum Gasteiger partial charge on any atom is 0.227 e. The summed E-state index contributed by atoms with van der Waals surface area (Å²) >= 11 is 1.95. The van der Waals surface area contributed by atoms with Crippen molar-refractivity contribution in [2.75, 3.05) is 25.4 Å². The molecule has 2 N–H and O–H groups in total. The van der Waals surface area contributed by atoms with E-state index in [1.165, 1.54) is 0 Å². The Bertz CT molecular complexity index is 243. The van der Waals surface area contributed by atoms with Crippen molar-refractivity contribution in [3.63, 3.8) is 0 Å². The molecule has 0 aromatic carbocycles. The van der Waals surface area contributed by atoms with Crippen molar-refractivity contribution in [3.8, 4) is 0 Å². The van der Waals surface area contributed by atoms with Gasteiger partial charge >= 0.3 is 0 Å². The summed E-state index contributed by atoms with van der Waals surface area (Å²) in [5.41, 5.74) is 5.68. The Morgan fingerprint density at radius 1 is 1.56 bits per heavy atom. The van der Waals surface area contributed by atoms with Crippen LogP contribution in [0.1, 0.15) is 33.6 Å². The molecule has 0 bridgehead atoms. The minimum absolute atomic E-state index is 0.0314. The number of carbonyl (C=O) groups excluding carboxylic acids is 1. The van der Waals surface area contributed by atoms with Gasteiger partial charge in [0, 0.05) is 30.1 Å². The van der Waals surface area contributed by atoms with Crippen LogP contribution in [0.3, 0.4) is 0 Å². The monoisotopic (exact) mass is 244 g/mol. The molecule has 1 aliphatic rings. The summed E-state index contributed by atoms with van der Waals surface area (Å²) in [6.07, 6.45) is 1.94. The molecule has 0 aromatic rings. The van der Waals surface area contributed by atoms with E-state index < -0.39 is 0 Å². The number of hydrogen-bond donors (Lipinski definition) is 1. The van der Waals surface area contributed by atoms with Gasteiger partial charge in [0.05, 0.1) is 5.92 Å². The molecule has 1 heterocycles. The molecule has 1 unspecified atom stereocenters. The second kappa shape index (κ2) is 5.92. The third-order valence-electron chi connectivity index (χ3n) is 3.01. The zero-order chi connectivity index (χ0) is 12.2. The average molecular weight is 244 g/mol. The molecular weight excluding hydrogens is 220 g/mol. The zero-order valence-electron chi connectivity index (χ0n) is 10.7. The number of nitrogens with two attached hydrogens (primary N) is 1. The predicted octanol–water partition coefficient (Wildman–Crippen LogP) is 1.72. The number of thioether (sulfide) groups is 1. The topological polar surface area (TPSA) is 46.3 Å². The molecule has 1 atom stereocenters. The minimum Gasteiger partial charge on any atom is -0.340 e. The van der Waals surface area contributed by atoms with E-state index >= 15 is 0 Å². The minimum atomic E-state index is 0.0314. The summed E-state index contributed by atoms with van der Waals surface area (Å²) in [4.78, 5) is 14.2. The highest BCUT2D eigenvalue weighted by Gasteiger charge is 2.32. The highest BCUT2D eigenvalue weighted by molar-refractivity contribution is 8.00. The van der Waals surface area contributed by atoms with Crippen molar-refractivity contribution in [2.24, 2.45) is 11.7 Å². The van der Waals surface area contributed by atoms with Crippen LogP contribution in [0, 0.1) is 5.92 Å². The number of amides is 1. The summed E-state index contributed by atoms with van der Waals surface area (Å²) in [5, 5.41) is 0.